The second-order valence-corrected chi connectivity index (χ2v) is 4.83. The molecule has 1 atom stereocenters. The van der Waals surface area contributed by atoms with Crippen LogP contribution in [0.25, 0.3) is 11.3 Å². The molecule has 1 heterocycles. The Labute approximate surface area is 122 Å². The smallest absolute Gasteiger partial charge is 0.156 e. The minimum absolute atomic E-state index is 0.0379. The van der Waals surface area contributed by atoms with Crippen molar-refractivity contribution in [3.8, 4) is 11.3 Å². The van der Waals surface area contributed by atoms with Gasteiger partial charge in [-0.1, -0.05) is 31.2 Å². The first-order valence-electron chi connectivity index (χ1n) is 6.80. The van der Waals surface area contributed by atoms with Gasteiger partial charge in [0.05, 0.1) is 24.8 Å². The lowest BCUT2D eigenvalue weighted by Gasteiger charge is -2.08. The van der Waals surface area contributed by atoms with E-state index in [4.69, 9.17) is 10.8 Å². The molecule has 2 aromatic rings. The van der Waals surface area contributed by atoms with Crippen molar-refractivity contribution in [2.75, 3.05) is 12.3 Å². The summed E-state index contributed by atoms with van der Waals surface area (Å²) in [5, 5.41) is 22.7. The fourth-order valence-corrected chi connectivity index (χ4v) is 2.11. The molecule has 21 heavy (non-hydrogen) atoms. The van der Waals surface area contributed by atoms with Crippen molar-refractivity contribution in [3.63, 3.8) is 0 Å². The molecule has 0 aliphatic carbocycles. The molecule has 4 N–H and O–H groups in total. The molecule has 0 spiro atoms. The first kappa shape index (κ1) is 15.2. The summed E-state index contributed by atoms with van der Waals surface area (Å²) in [5.41, 5.74) is 8.64. The third-order valence-electron chi connectivity index (χ3n) is 3.38. The van der Waals surface area contributed by atoms with Gasteiger partial charge in [0.15, 0.2) is 6.29 Å². The number of benzene rings is 1. The molecule has 112 valence electrons. The minimum atomic E-state index is -0.970. The second kappa shape index (κ2) is 6.51. The molecular formula is C15H19N3O3. The van der Waals surface area contributed by atoms with Crippen LogP contribution in [0.4, 0.5) is 5.82 Å². The normalized spacial score (nSPS) is 12.3. The van der Waals surface area contributed by atoms with Crippen molar-refractivity contribution >= 4 is 12.1 Å². The number of aromatic nitrogens is 2. The standard InChI is InChI=1S/C15H19N3O3/c1-2-10-3-5-11(6-4-10)14-13(9-20)15(16)18(17-14)7-12(21)8-19/h3-6,9,12,19,21H,2,7-8,16H2,1H3. The first-order valence-corrected chi connectivity index (χ1v) is 6.80. The number of carbonyl (C=O) groups is 1. The molecule has 1 aromatic carbocycles. The summed E-state index contributed by atoms with van der Waals surface area (Å²) in [7, 11) is 0. The van der Waals surface area contributed by atoms with Crippen LogP contribution in [-0.2, 0) is 13.0 Å². The van der Waals surface area contributed by atoms with Crippen LogP contribution in [-0.4, -0.2) is 39.0 Å². The summed E-state index contributed by atoms with van der Waals surface area (Å²) in [6, 6.07) is 7.73. The molecule has 1 unspecified atom stereocenters. The maximum absolute atomic E-state index is 11.3. The third kappa shape index (κ3) is 3.12. The lowest BCUT2D eigenvalue weighted by molar-refractivity contribution is 0.0788. The number of hydrogen-bond donors (Lipinski definition) is 3. The predicted molar refractivity (Wildman–Crippen MR) is 79.9 cm³/mol. The van der Waals surface area contributed by atoms with E-state index in [1.807, 2.05) is 24.3 Å². The molecule has 6 nitrogen and oxygen atoms in total. The van der Waals surface area contributed by atoms with E-state index in [-0.39, 0.29) is 12.4 Å². The molecule has 0 aliphatic rings. The number of nitrogens with two attached hydrogens (primary N) is 1. The zero-order chi connectivity index (χ0) is 15.4. The maximum atomic E-state index is 11.3. The fraction of sp³-hybridized carbons (Fsp3) is 0.333. The van der Waals surface area contributed by atoms with Gasteiger partial charge in [0, 0.05) is 5.56 Å². The number of carbonyl (C=O) groups excluding carboxylic acids is 1. The van der Waals surface area contributed by atoms with Crippen molar-refractivity contribution < 1.29 is 15.0 Å². The Hall–Kier alpha value is -2.18. The highest BCUT2D eigenvalue weighted by molar-refractivity contribution is 5.91. The number of anilines is 1. The van der Waals surface area contributed by atoms with Gasteiger partial charge in [-0.25, -0.2) is 4.68 Å². The average Bonchev–Trinajstić information content (AvgIpc) is 2.83. The number of aliphatic hydroxyl groups is 2. The summed E-state index contributed by atoms with van der Waals surface area (Å²) in [6.07, 6.45) is 0.620. The summed E-state index contributed by atoms with van der Waals surface area (Å²) in [6.45, 7) is 1.71. The van der Waals surface area contributed by atoms with Crippen LogP contribution < -0.4 is 5.73 Å². The Morgan fingerprint density at radius 3 is 2.57 bits per heavy atom. The van der Waals surface area contributed by atoms with Crippen LogP contribution in [0.2, 0.25) is 0 Å². The van der Waals surface area contributed by atoms with Gasteiger partial charge in [-0.3, -0.25) is 4.79 Å². The van der Waals surface area contributed by atoms with E-state index < -0.39 is 12.7 Å². The summed E-state index contributed by atoms with van der Waals surface area (Å²) < 4.78 is 1.34. The number of nitrogens with zero attached hydrogens (tertiary/aromatic N) is 2. The Balaban J connectivity index is 2.42. The fourth-order valence-electron chi connectivity index (χ4n) is 2.11. The molecule has 0 bridgehead atoms. The van der Waals surface area contributed by atoms with Crippen LogP contribution in [0.15, 0.2) is 24.3 Å². The van der Waals surface area contributed by atoms with E-state index >= 15 is 0 Å². The lowest BCUT2D eigenvalue weighted by atomic mass is 10.1. The van der Waals surface area contributed by atoms with Gasteiger partial charge in [-0.05, 0) is 12.0 Å². The minimum Gasteiger partial charge on any atom is -0.394 e. The van der Waals surface area contributed by atoms with E-state index in [1.165, 1.54) is 10.2 Å². The van der Waals surface area contributed by atoms with Crippen molar-refractivity contribution in [2.24, 2.45) is 0 Å². The van der Waals surface area contributed by atoms with Crippen molar-refractivity contribution in [1.82, 2.24) is 9.78 Å². The Bertz CT molecular complexity index is 620. The van der Waals surface area contributed by atoms with Crippen molar-refractivity contribution in [3.05, 3.63) is 35.4 Å². The molecular weight excluding hydrogens is 270 g/mol. The number of aryl methyl sites for hydroxylation is 1. The molecule has 0 aliphatic heterocycles. The van der Waals surface area contributed by atoms with Crippen LogP contribution in [0.3, 0.4) is 0 Å². The SMILES string of the molecule is CCc1ccc(-c2nn(CC(O)CO)c(N)c2C=O)cc1. The molecule has 0 saturated heterocycles. The Kier molecular flexibility index (Phi) is 4.72. The van der Waals surface area contributed by atoms with Gasteiger partial charge in [0.1, 0.15) is 11.5 Å². The van der Waals surface area contributed by atoms with Crippen LogP contribution in [0, 0.1) is 0 Å². The number of aldehydes is 1. The Morgan fingerprint density at radius 2 is 2.05 bits per heavy atom. The second-order valence-electron chi connectivity index (χ2n) is 4.83. The number of rotatable bonds is 6. The number of hydrogen-bond acceptors (Lipinski definition) is 5. The van der Waals surface area contributed by atoms with Crippen molar-refractivity contribution in [2.45, 2.75) is 26.0 Å². The van der Waals surface area contributed by atoms with E-state index in [0.29, 0.717) is 17.5 Å². The summed E-state index contributed by atoms with van der Waals surface area (Å²) in [5.74, 6) is 0.187. The number of nitrogen functional groups attached to an aromatic ring is 1. The molecule has 1 aromatic heterocycles. The van der Waals surface area contributed by atoms with E-state index in [0.717, 1.165) is 12.0 Å². The average molecular weight is 289 g/mol. The highest BCUT2D eigenvalue weighted by Crippen LogP contribution is 2.26. The van der Waals surface area contributed by atoms with Crippen molar-refractivity contribution in [1.29, 1.82) is 0 Å². The molecule has 6 heteroatoms. The summed E-state index contributed by atoms with van der Waals surface area (Å²) in [4.78, 5) is 11.3. The highest BCUT2D eigenvalue weighted by atomic mass is 16.3. The third-order valence-corrected chi connectivity index (χ3v) is 3.38. The van der Waals surface area contributed by atoms with Gasteiger partial charge in [-0.2, -0.15) is 5.10 Å². The highest BCUT2D eigenvalue weighted by Gasteiger charge is 2.18. The van der Waals surface area contributed by atoms with Gasteiger partial charge < -0.3 is 15.9 Å². The van der Waals surface area contributed by atoms with Gasteiger partial charge in [-0.15, -0.1) is 0 Å². The predicted octanol–water partition coefficient (Wildman–Crippen LogP) is 0.860. The lowest BCUT2D eigenvalue weighted by Crippen LogP contribution is -2.21. The zero-order valence-electron chi connectivity index (χ0n) is 11.9. The van der Waals surface area contributed by atoms with Gasteiger partial charge >= 0.3 is 0 Å². The molecule has 0 amide bonds. The topological polar surface area (TPSA) is 101 Å². The van der Waals surface area contributed by atoms with Gasteiger partial charge in [0.2, 0.25) is 0 Å². The van der Waals surface area contributed by atoms with E-state index in [9.17, 15) is 9.90 Å². The Morgan fingerprint density at radius 1 is 1.38 bits per heavy atom. The maximum Gasteiger partial charge on any atom is 0.156 e. The molecule has 0 saturated carbocycles. The van der Waals surface area contributed by atoms with Crippen LogP contribution >= 0.6 is 0 Å². The van der Waals surface area contributed by atoms with E-state index in [2.05, 4.69) is 12.0 Å². The van der Waals surface area contributed by atoms with Gasteiger partial charge in [0.25, 0.3) is 0 Å². The van der Waals surface area contributed by atoms with Crippen LogP contribution in [0.5, 0.6) is 0 Å². The molecule has 0 radical (unpaired) electrons. The molecule has 0 fully saturated rings. The summed E-state index contributed by atoms with van der Waals surface area (Å²) >= 11 is 0. The monoisotopic (exact) mass is 289 g/mol. The largest absolute Gasteiger partial charge is 0.394 e. The first-order chi connectivity index (χ1) is 10.1. The number of aliphatic hydroxyl groups excluding tert-OH is 2. The quantitative estimate of drug-likeness (QED) is 0.685. The molecule has 2 rings (SSSR count). The van der Waals surface area contributed by atoms with Crippen LogP contribution in [0.1, 0.15) is 22.8 Å². The van der Waals surface area contributed by atoms with E-state index in [1.54, 1.807) is 0 Å². The zero-order valence-corrected chi connectivity index (χ0v) is 11.9.